The summed E-state index contributed by atoms with van der Waals surface area (Å²) in [7, 11) is -4.28. The number of nitrogens with one attached hydrogen (secondary N) is 2. The molecule has 0 saturated heterocycles. The molecule has 0 heterocycles. The second-order valence-electron chi connectivity index (χ2n) is 6.56. The quantitative estimate of drug-likeness (QED) is 0.622. The molecule has 0 bridgehead atoms. The fourth-order valence-electron chi connectivity index (χ4n) is 2.74. The van der Waals surface area contributed by atoms with Crippen molar-refractivity contribution in [3.8, 4) is 0 Å². The lowest BCUT2D eigenvalue weighted by Crippen LogP contribution is -2.33. The lowest BCUT2D eigenvalue weighted by atomic mass is 10.2. The molecule has 0 fully saturated rings. The number of sulfonamides is 1. The number of alkyl halides is 3. The number of hydrogen-bond acceptors (Lipinski definition) is 4. The van der Waals surface area contributed by atoms with Crippen molar-refractivity contribution in [2.75, 3.05) is 25.0 Å². The fourth-order valence-corrected chi connectivity index (χ4v) is 3.77. The Morgan fingerprint density at radius 2 is 1.70 bits per heavy atom. The molecule has 0 atom stereocenters. The first-order chi connectivity index (χ1) is 14.0. The molecule has 0 aliphatic rings. The molecule has 164 valence electrons. The molecule has 2 aromatic rings. The molecule has 0 unspecified atom stereocenters. The first-order valence-electron chi connectivity index (χ1n) is 9.33. The number of anilines is 1. The van der Waals surface area contributed by atoms with Crippen LogP contribution in [0.4, 0.5) is 18.9 Å². The minimum atomic E-state index is -4.67. The van der Waals surface area contributed by atoms with Gasteiger partial charge in [-0.2, -0.15) is 13.2 Å². The molecule has 6 nitrogen and oxygen atoms in total. The van der Waals surface area contributed by atoms with Crippen molar-refractivity contribution in [1.82, 2.24) is 9.62 Å². The van der Waals surface area contributed by atoms with Crippen LogP contribution >= 0.6 is 0 Å². The molecular formula is C20H24F3N3O3S. The predicted octanol–water partition coefficient (Wildman–Crippen LogP) is 3.46. The second kappa shape index (κ2) is 10.1. The van der Waals surface area contributed by atoms with Gasteiger partial charge in [0.05, 0.1) is 17.0 Å². The Balaban J connectivity index is 2.01. The van der Waals surface area contributed by atoms with Crippen LogP contribution in [0.1, 0.15) is 25.0 Å². The molecule has 0 aliphatic heterocycles. The molecule has 0 saturated carbocycles. The summed E-state index contributed by atoms with van der Waals surface area (Å²) in [5.41, 5.74) is 0.406. The van der Waals surface area contributed by atoms with E-state index in [0.717, 1.165) is 36.9 Å². The van der Waals surface area contributed by atoms with Gasteiger partial charge in [0.2, 0.25) is 15.9 Å². The summed E-state index contributed by atoms with van der Waals surface area (Å²) in [4.78, 5) is 13.8. The van der Waals surface area contributed by atoms with Gasteiger partial charge in [0.25, 0.3) is 0 Å². The molecule has 30 heavy (non-hydrogen) atoms. The Hall–Kier alpha value is -2.43. The number of carbonyl (C=O) groups excluding carboxylic acids is 1. The standard InChI is InChI=1S/C20H24F3N3O3S/c1-3-26(4-2)14-15-7-5-9-17(11-15)25-19(27)13-24-30(28,29)18-10-6-8-16(12-18)20(21,22)23/h5-12,24H,3-4,13-14H2,1-2H3,(H,25,27). The molecule has 10 heteroatoms. The van der Waals surface area contributed by atoms with Gasteiger partial charge in [-0.15, -0.1) is 0 Å². The number of halogens is 3. The zero-order valence-electron chi connectivity index (χ0n) is 16.7. The molecule has 2 N–H and O–H groups in total. The number of rotatable bonds is 9. The van der Waals surface area contributed by atoms with E-state index in [-0.39, 0.29) is 0 Å². The molecular weight excluding hydrogens is 419 g/mol. The van der Waals surface area contributed by atoms with E-state index in [1.807, 2.05) is 24.6 Å². The summed E-state index contributed by atoms with van der Waals surface area (Å²) >= 11 is 0. The molecule has 2 rings (SSSR count). The Morgan fingerprint density at radius 3 is 2.33 bits per heavy atom. The lowest BCUT2D eigenvalue weighted by molar-refractivity contribution is -0.137. The van der Waals surface area contributed by atoms with Crippen LogP contribution in [0.5, 0.6) is 0 Å². The van der Waals surface area contributed by atoms with Crippen molar-refractivity contribution in [3.63, 3.8) is 0 Å². The maximum atomic E-state index is 12.8. The van der Waals surface area contributed by atoms with E-state index >= 15 is 0 Å². The SMILES string of the molecule is CCN(CC)Cc1cccc(NC(=O)CNS(=O)(=O)c2cccc(C(F)(F)F)c2)c1. The van der Waals surface area contributed by atoms with Crippen LogP contribution in [0.3, 0.4) is 0 Å². The van der Waals surface area contributed by atoms with Gasteiger partial charge in [-0.05, 0) is 49.0 Å². The van der Waals surface area contributed by atoms with Crippen molar-refractivity contribution < 1.29 is 26.4 Å². The van der Waals surface area contributed by atoms with E-state index in [1.165, 1.54) is 0 Å². The minimum absolute atomic E-state index is 0.503. The number of amides is 1. The summed E-state index contributed by atoms with van der Waals surface area (Å²) in [6.07, 6.45) is -4.67. The van der Waals surface area contributed by atoms with Crippen molar-refractivity contribution in [1.29, 1.82) is 0 Å². The molecule has 0 aliphatic carbocycles. The van der Waals surface area contributed by atoms with Crippen molar-refractivity contribution in [3.05, 3.63) is 59.7 Å². The molecule has 0 radical (unpaired) electrons. The lowest BCUT2D eigenvalue weighted by Gasteiger charge is -2.18. The fraction of sp³-hybridized carbons (Fsp3) is 0.350. The third-order valence-electron chi connectivity index (χ3n) is 4.41. The highest BCUT2D eigenvalue weighted by atomic mass is 32.2. The second-order valence-corrected chi connectivity index (χ2v) is 8.33. The summed E-state index contributed by atoms with van der Waals surface area (Å²) in [6.45, 7) is 5.95. The van der Waals surface area contributed by atoms with Crippen LogP contribution in [0.2, 0.25) is 0 Å². The number of carbonyl (C=O) groups is 1. The van der Waals surface area contributed by atoms with Gasteiger partial charge in [-0.25, -0.2) is 13.1 Å². The van der Waals surface area contributed by atoms with Crippen LogP contribution in [0.25, 0.3) is 0 Å². The first kappa shape index (κ1) is 23.8. The summed E-state index contributed by atoms with van der Waals surface area (Å²) in [5, 5.41) is 2.59. The smallest absolute Gasteiger partial charge is 0.325 e. The van der Waals surface area contributed by atoms with Gasteiger partial charge in [0.15, 0.2) is 0 Å². The largest absolute Gasteiger partial charge is 0.416 e. The Labute approximate surface area is 174 Å². The molecule has 0 aromatic heterocycles. The van der Waals surface area contributed by atoms with Gasteiger partial charge in [-0.1, -0.05) is 32.0 Å². The van der Waals surface area contributed by atoms with Gasteiger partial charge >= 0.3 is 6.18 Å². The van der Waals surface area contributed by atoms with Gasteiger partial charge in [0, 0.05) is 12.2 Å². The molecule has 0 spiro atoms. The van der Waals surface area contributed by atoms with E-state index in [2.05, 4.69) is 10.2 Å². The van der Waals surface area contributed by atoms with Crippen molar-refractivity contribution >= 4 is 21.6 Å². The van der Waals surface area contributed by atoms with E-state index in [4.69, 9.17) is 0 Å². The zero-order chi connectivity index (χ0) is 22.4. The maximum absolute atomic E-state index is 12.8. The van der Waals surface area contributed by atoms with Gasteiger partial charge in [0.1, 0.15) is 0 Å². The van der Waals surface area contributed by atoms with E-state index < -0.39 is 39.1 Å². The van der Waals surface area contributed by atoms with E-state index in [0.29, 0.717) is 18.3 Å². The van der Waals surface area contributed by atoms with E-state index in [9.17, 15) is 26.4 Å². The van der Waals surface area contributed by atoms with Crippen LogP contribution in [-0.2, 0) is 27.5 Å². The maximum Gasteiger partial charge on any atom is 0.416 e. The first-order valence-corrected chi connectivity index (χ1v) is 10.8. The summed E-state index contributed by atoms with van der Waals surface area (Å²) in [6, 6.07) is 10.5. The Kier molecular flexibility index (Phi) is 7.99. The van der Waals surface area contributed by atoms with Crippen LogP contribution < -0.4 is 10.0 Å². The highest BCUT2D eigenvalue weighted by molar-refractivity contribution is 7.89. The summed E-state index contributed by atoms with van der Waals surface area (Å²) in [5.74, 6) is -0.634. The Bertz CT molecular complexity index is 975. The molecule has 1 amide bonds. The third-order valence-corrected chi connectivity index (χ3v) is 5.80. The van der Waals surface area contributed by atoms with Crippen LogP contribution in [-0.4, -0.2) is 38.9 Å². The molecule has 2 aromatic carbocycles. The number of nitrogens with zero attached hydrogens (tertiary/aromatic N) is 1. The minimum Gasteiger partial charge on any atom is -0.325 e. The number of benzene rings is 2. The Morgan fingerprint density at radius 1 is 1.03 bits per heavy atom. The van der Waals surface area contributed by atoms with Crippen molar-refractivity contribution in [2.45, 2.75) is 31.5 Å². The van der Waals surface area contributed by atoms with Crippen LogP contribution in [0.15, 0.2) is 53.4 Å². The number of hydrogen-bond donors (Lipinski definition) is 2. The zero-order valence-corrected chi connectivity index (χ0v) is 17.5. The van der Waals surface area contributed by atoms with E-state index in [1.54, 1.807) is 18.2 Å². The topological polar surface area (TPSA) is 78.5 Å². The third kappa shape index (κ3) is 6.82. The normalized spacial score (nSPS) is 12.2. The van der Waals surface area contributed by atoms with Gasteiger partial charge in [-0.3, -0.25) is 9.69 Å². The average Bonchev–Trinajstić information content (AvgIpc) is 2.70. The van der Waals surface area contributed by atoms with Crippen LogP contribution in [0, 0.1) is 0 Å². The monoisotopic (exact) mass is 443 g/mol. The summed E-state index contributed by atoms with van der Waals surface area (Å²) < 4.78 is 64.9. The highest BCUT2D eigenvalue weighted by Gasteiger charge is 2.31. The van der Waals surface area contributed by atoms with Gasteiger partial charge < -0.3 is 5.32 Å². The average molecular weight is 443 g/mol. The predicted molar refractivity (Wildman–Crippen MR) is 108 cm³/mol. The highest BCUT2D eigenvalue weighted by Crippen LogP contribution is 2.30. The van der Waals surface area contributed by atoms with Crippen molar-refractivity contribution in [2.24, 2.45) is 0 Å².